The van der Waals surface area contributed by atoms with Crippen LogP contribution in [-0.2, 0) is 10.0 Å². The van der Waals surface area contributed by atoms with Gasteiger partial charge in [0.25, 0.3) is 0 Å². The highest BCUT2D eigenvalue weighted by Gasteiger charge is 2.44. The molecule has 0 aromatic heterocycles. The molecule has 2 atom stereocenters. The van der Waals surface area contributed by atoms with Crippen molar-refractivity contribution in [1.82, 2.24) is 4.31 Å². The van der Waals surface area contributed by atoms with Crippen LogP contribution in [0.15, 0.2) is 0 Å². The molecule has 0 N–H and O–H groups in total. The van der Waals surface area contributed by atoms with Crippen LogP contribution in [-0.4, -0.2) is 37.2 Å². The lowest BCUT2D eigenvalue weighted by molar-refractivity contribution is -0.182. The van der Waals surface area contributed by atoms with Crippen molar-refractivity contribution in [2.45, 2.75) is 31.2 Å². The molecule has 1 aliphatic heterocycles. The van der Waals surface area contributed by atoms with E-state index < -0.39 is 33.9 Å². The van der Waals surface area contributed by atoms with Crippen molar-refractivity contribution >= 4 is 10.0 Å². The number of hydrogen-bond donors (Lipinski definition) is 0. The molecule has 2 unspecified atom stereocenters. The first-order chi connectivity index (χ1) is 7.69. The van der Waals surface area contributed by atoms with E-state index in [2.05, 4.69) is 0 Å². The molecule has 0 aliphatic carbocycles. The molecule has 0 radical (unpaired) electrons. The smallest absolute Gasteiger partial charge is 0.211 e. The number of rotatable bonds is 2. The summed E-state index contributed by atoms with van der Waals surface area (Å²) in [5.74, 6) is -1.63. The van der Waals surface area contributed by atoms with Crippen LogP contribution in [0.1, 0.15) is 19.8 Å². The second-order valence-corrected chi connectivity index (χ2v) is 6.31. The third kappa shape index (κ3) is 3.10. The van der Waals surface area contributed by atoms with E-state index >= 15 is 0 Å². The SMILES string of the molecule is CC(C#N)S(=O)(=O)N1CCCC(C(F)(F)F)C1. The van der Waals surface area contributed by atoms with Crippen molar-refractivity contribution in [3.8, 4) is 6.07 Å². The molecule has 0 aromatic rings. The van der Waals surface area contributed by atoms with E-state index in [-0.39, 0.29) is 19.4 Å². The van der Waals surface area contributed by atoms with Gasteiger partial charge in [0.1, 0.15) is 0 Å². The summed E-state index contributed by atoms with van der Waals surface area (Å²) in [5, 5.41) is 7.24. The molecule has 0 aromatic carbocycles. The van der Waals surface area contributed by atoms with Gasteiger partial charge in [-0.1, -0.05) is 0 Å². The normalized spacial score (nSPS) is 25.2. The van der Waals surface area contributed by atoms with Crippen molar-refractivity contribution in [2.24, 2.45) is 5.92 Å². The zero-order chi connectivity index (χ0) is 13.3. The number of alkyl halides is 3. The second kappa shape index (κ2) is 4.82. The Morgan fingerprint density at radius 2 is 2.06 bits per heavy atom. The van der Waals surface area contributed by atoms with Crippen molar-refractivity contribution in [1.29, 1.82) is 5.26 Å². The van der Waals surface area contributed by atoms with Gasteiger partial charge >= 0.3 is 6.18 Å². The fraction of sp³-hybridized carbons (Fsp3) is 0.889. The summed E-state index contributed by atoms with van der Waals surface area (Å²) in [6.45, 7) is 0.658. The quantitative estimate of drug-likeness (QED) is 0.764. The van der Waals surface area contributed by atoms with Gasteiger partial charge in [-0.2, -0.15) is 18.4 Å². The molecule has 1 fully saturated rings. The van der Waals surface area contributed by atoms with Crippen LogP contribution in [0.25, 0.3) is 0 Å². The third-order valence-corrected chi connectivity index (χ3v) is 4.89. The van der Waals surface area contributed by atoms with Gasteiger partial charge in [0.15, 0.2) is 5.25 Å². The third-order valence-electron chi connectivity index (χ3n) is 2.84. The predicted octanol–water partition coefficient (Wildman–Crippen LogP) is 1.50. The van der Waals surface area contributed by atoms with Crippen molar-refractivity contribution < 1.29 is 21.6 Å². The Bertz CT molecular complexity index is 413. The Labute approximate surface area is 98.1 Å². The van der Waals surface area contributed by atoms with Gasteiger partial charge in [-0.3, -0.25) is 0 Å². The minimum atomic E-state index is -4.38. The van der Waals surface area contributed by atoms with Gasteiger partial charge < -0.3 is 0 Å². The summed E-state index contributed by atoms with van der Waals surface area (Å²) < 4.78 is 61.7. The molecular formula is C9H13F3N2O2S. The maximum atomic E-state index is 12.5. The van der Waals surface area contributed by atoms with Crippen LogP contribution < -0.4 is 0 Å². The maximum absolute atomic E-state index is 12.5. The standard InChI is InChI=1S/C9H13F3N2O2S/c1-7(5-13)17(15,16)14-4-2-3-8(6-14)9(10,11)12/h7-8H,2-4,6H2,1H3. The van der Waals surface area contributed by atoms with E-state index in [9.17, 15) is 21.6 Å². The van der Waals surface area contributed by atoms with Crippen LogP contribution in [0.2, 0.25) is 0 Å². The zero-order valence-corrected chi connectivity index (χ0v) is 10.1. The first-order valence-corrected chi connectivity index (χ1v) is 6.65. The molecular weight excluding hydrogens is 257 g/mol. The first kappa shape index (κ1) is 14.3. The van der Waals surface area contributed by atoms with Gasteiger partial charge in [0, 0.05) is 13.1 Å². The highest BCUT2D eigenvalue weighted by atomic mass is 32.2. The lowest BCUT2D eigenvalue weighted by Crippen LogP contribution is -2.47. The lowest BCUT2D eigenvalue weighted by Gasteiger charge is -2.33. The monoisotopic (exact) mass is 270 g/mol. The summed E-state index contributed by atoms with van der Waals surface area (Å²) in [6, 6.07) is 1.55. The molecule has 4 nitrogen and oxygen atoms in total. The Kier molecular flexibility index (Phi) is 4.04. The minimum Gasteiger partial charge on any atom is -0.211 e. The molecule has 1 rings (SSSR count). The molecule has 1 aliphatic rings. The van der Waals surface area contributed by atoms with Gasteiger partial charge in [-0.05, 0) is 19.8 Å². The summed E-state index contributed by atoms with van der Waals surface area (Å²) in [4.78, 5) is 0. The maximum Gasteiger partial charge on any atom is 0.393 e. The van der Waals surface area contributed by atoms with Crippen LogP contribution in [0, 0.1) is 17.2 Å². The lowest BCUT2D eigenvalue weighted by atomic mass is 9.99. The Morgan fingerprint density at radius 3 is 2.53 bits per heavy atom. The number of hydrogen-bond acceptors (Lipinski definition) is 3. The summed E-state index contributed by atoms with van der Waals surface area (Å²) in [7, 11) is -3.93. The molecule has 98 valence electrons. The van der Waals surface area contributed by atoms with Gasteiger partial charge in [-0.15, -0.1) is 0 Å². The number of sulfonamides is 1. The van der Waals surface area contributed by atoms with Crippen LogP contribution in [0.4, 0.5) is 13.2 Å². The average molecular weight is 270 g/mol. The molecule has 0 spiro atoms. The van der Waals surface area contributed by atoms with E-state index in [1.54, 1.807) is 6.07 Å². The summed E-state index contributed by atoms with van der Waals surface area (Å²) in [6.07, 6.45) is -4.28. The zero-order valence-electron chi connectivity index (χ0n) is 9.24. The molecule has 1 saturated heterocycles. The fourth-order valence-corrected chi connectivity index (χ4v) is 3.08. The van der Waals surface area contributed by atoms with E-state index in [0.29, 0.717) is 0 Å². The summed E-state index contributed by atoms with van der Waals surface area (Å²) >= 11 is 0. The highest BCUT2D eigenvalue weighted by Crippen LogP contribution is 2.34. The van der Waals surface area contributed by atoms with E-state index in [1.165, 1.54) is 6.92 Å². The second-order valence-electron chi connectivity index (χ2n) is 4.06. The molecule has 1 heterocycles. The molecule has 0 saturated carbocycles. The molecule has 17 heavy (non-hydrogen) atoms. The number of nitriles is 1. The van der Waals surface area contributed by atoms with Crippen LogP contribution >= 0.6 is 0 Å². The predicted molar refractivity (Wildman–Crippen MR) is 54.3 cm³/mol. The van der Waals surface area contributed by atoms with E-state index in [1.807, 2.05) is 0 Å². The van der Waals surface area contributed by atoms with Gasteiger partial charge in [-0.25, -0.2) is 12.7 Å². The first-order valence-electron chi connectivity index (χ1n) is 5.15. The van der Waals surface area contributed by atoms with Crippen molar-refractivity contribution in [3.63, 3.8) is 0 Å². The molecule has 0 bridgehead atoms. The molecule has 8 heteroatoms. The van der Waals surface area contributed by atoms with Crippen LogP contribution in [0.5, 0.6) is 0 Å². The summed E-state index contributed by atoms with van der Waals surface area (Å²) in [5.41, 5.74) is 0. The highest BCUT2D eigenvalue weighted by molar-refractivity contribution is 7.89. The van der Waals surface area contributed by atoms with Crippen molar-refractivity contribution in [3.05, 3.63) is 0 Å². The average Bonchev–Trinajstić information content (AvgIpc) is 2.27. The largest absolute Gasteiger partial charge is 0.393 e. The van der Waals surface area contributed by atoms with Gasteiger partial charge in [0.2, 0.25) is 10.0 Å². The van der Waals surface area contributed by atoms with Crippen LogP contribution in [0.3, 0.4) is 0 Å². The minimum absolute atomic E-state index is 0.0565. The van der Waals surface area contributed by atoms with E-state index in [0.717, 1.165) is 4.31 Å². The Hall–Kier alpha value is -0.810. The fourth-order valence-electron chi connectivity index (χ4n) is 1.73. The van der Waals surface area contributed by atoms with E-state index in [4.69, 9.17) is 5.26 Å². The number of piperidine rings is 1. The molecule has 0 amide bonds. The topological polar surface area (TPSA) is 61.2 Å². The van der Waals surface area contributed by atoms with Crippen molar-refractivity contribution in [2.75, 3.05) is 13.1 Å². The Morgan fingerprint density at radius 1 is 1.47 bits per heavy atom. The Balaban J connectivity index is 2.85. The number of nitrogens with zero attached hydrogens (tertiary/aromatic N) is 2. The number of halogens is 3. The van der Waals surface area contributed by atoms with Gasteiger partial charge in [0.05, 0.1) is 12.0 Å².